The monoisotopic (exact) mass is 302 g/mol. The highest BCUT2D eigenvalue weighted by Crippen LogP contribution is 2.18. The maximum Gasteiger partial charge on any atom is 0.260 e. The van der Waals surface area contributed by atoms with Gasteiger partial charge in [0.05, 0.1) is 18.3 Å². The fourth-order valence-electron chi connectivity index (χ4n) is 2.75. The van der Waals surface area contributed by atoms with Crippen LogP contribution in [0.25, 0.3) is 16.6 Å². The zero-order valence-corrected chi connectivity index (χ0v) is 12.3. The van der Waals surface area contributed by atoms with Crippen LogP contribution in [-0.2, 0) is 6.54 Å². The Hall–Kier alpha value is -3.21. The van der Waals surface area contributed by atoms with Gasteiger partial charge in [0, 0.05) is 17.4 Å². The van der Waals surface area contributed by atoms with Crippen LogP contribution < -0.4 is 5.56 Å². The number of rotatable bonds is 3. The average molecular weight is 302 g/mol. The number of para-hydroxylation sites is 2. The molecule has 112 valence electrons. The lowest BCUT2D eigenvalue weighted by molar-refractivity contribution is 0.644. The van der Waals surface area contributed by atoms with Crippen LogP contribution in [0.3, 0.4) is 0 Å². The van der Waals surface area contributed by atoms with Gasteiger partial charge in [-0.3, -0.25) is 9.36 Å². The van der Waals surface area contributed by atoms with Crippen molar-refractivity contribution in [2.75, 3.05) is 0 Å². The number of aromatic nitrogens is 4. The Labute approximate surface area is 132 Å². The first-order valence-corrected chi connectivity index (χ1v) is 7.36. The Kier molecular flexibility index (Phi) is 3.24. The fourth-order valence-corrected chi connectivity index (χ4v) is 2.75. The second-order valence-electron chi connectivity index (χ2n) is 5.31. The van der Waals surface area contributed by atoms with Crippen molar-refractivity contribution < 1.29 is 0 Å². The predicted octanol–water partition coefficient (Wildman–Crippen LogP) is 2.63. The lowest BCUT2D eigenvalue weighted by atomic mass is 10.1. The van der Waals surface area contributed by atoms with E-state index in [1.54, 1.807) is 21.6 Å². The fraction of sp³-hybridized carbons (Fsp3) is 0.0556. The molecule has 0 unspecified atom stereocenters. The van der Waals surface area contributed by atoms with Gasteiger partial charge in [0.15, 0.2) is 0 Å². The predicted molar refractivity (Wildman–Crippen MR) is 88.7 cm³/mol. The minimum absolute atomic E-state index is 0.0367. The first-order chi connectivity index (χ1) is 11.3. The molecule has 0 spiro atoms. The lowest BCUT2D eigenvalue weighted by Gasteiger charge is -2.13. The Morgan fingerprint density at radius 1 is 0.957 bits per heavy atom. The first-order valence-electron chi connectivity index (χ1n) is 7.36. The van der Waals surface area contributed by atoms with Crippen LogP contribution in [0.15, 0.2) is 77.9 Å². The third-order valence-corrected chi connectivity index (χ3v) is 3.80. The van der Waals surface area contributed by atoms with Crippen molar-refractivity contribution in [1.29, 1.82) is 0 Å². The topological polar surface area (TPSA) is 52.7 Å². The minimum Gasteiger partial charge on any atom is -0.277 e. The van der Waals surface area contributed by atoms with Crippen LogP contribution in [0.5, 0.6) is 0 Å². The molecule has 2 aromatic carbocycles. The Bertz CT molecular complexity index is 1000. The van der Waals surface area contributed by atoms with Crippen LogP contribution in [0, 0.1) is 0 Å². The van der Waals surface area contributed by atoms with Gasteiger partial charge in [0.2, 0.25) is 0 Å². The van der Waals surface area contributed by atoms with Crippen LogP contribution >= 0.6 is 0 Å². The van der Waals surface area contributed by atoms with Gasteiger partial charge in [0.25, 0.3) is 5.56 Å². The molecule has 5 nitrogen and oxygen atoms in total. The molecule has 4 rings (SSSR count). The van der Waals surface area contributed by atoms with Gasteiger partial charge >= 0.3 is 0 Å². The van der Waals surface area contributed by atoms with Crippen molar-refractivity contribution in [3.63, 3.8) is 0 Å². The van der Waals surface area contributed by atoms with Crippen molar-refractivity contribution in [3.05, 3.63) is 89.0 Å². The summed E-state index contributed by atoms with van der Waals surface area (Å²) in [5.41, 5.74) is 2.39. The highest BCUT2D eigenvalue weighted by atomic mass is 16.1. The summed E-state index contributed by atoms with van der Waals surface area (Å²) in [7, 11) is 0. The van der Waals surface area contributed by atoms with E-state index < -0.39 is 0 Å². The molecule has 0 amide bonds. The third kappa shape index (κ3) is 2.42. The summed E-state index contributed by atoms with van der Waals surface area (Å²) >= 11 is 0. The van der Waals surface area contributed by atoms with Crippen molar-refractivity contribution in [1.82, 2.24) is 19.6 Å². The molecular weight excluding hydrogens is 288 g/mol. The van der Waals surface area contributed by atoms with Crippen LogP contribution in [0.4, 0.5) is 0 Å². The molecular formula is C18H14N4O. The van der Waals surface area contributed by atoms with E-state index in [-0.39, 0.29) is 5.56 Å². The highest BCUT2D eigenvalue weighted by Gasteiger charge is 2.11. The van der Waals surface area contributed by atoms with Gasteiger partial charge in [-0.25, -0.2) is 4.68 Å². The number of hydrogen-bond acceptors (Lipinski definition) is 3. The maximum atomic E-state index is 13.0. The molecule has 0 saturated carbocycles. The second-order valence-corrected chi connectivity index (χ2v) is 5.31. The zero-order chi connectivity index (χ0) is 15.6. The van der Waals surface area contributed by atoms with E-state index in [0.717, 1.165) is 16.6 Å². The van der Waals surface area contributed by atoms with Crippen LogP contribution in [0.2, 0.25) is 0 Å². The molecule has 0 radical (unpaired) electrons. The van der Waals surface area contributed by atoms with Gasteiger partial charge in [-0.1, -0.05) is 41.6 Å². The molecule has 0 fully saturated rings. The summed E-state index contributed by atoms with van der Waals surface area (Å²) in [5.74, 6) is 0. The van der Waals surface area contributed by atoms with E-state index >= 15 is 0 Å². The largest absolute Gasteiger partial charge is 0.277 e. The van der Waals surface area contributed by atoms with Crippen molar-refractivity contribution >= 4 is 10.9 Å². The first kappa shape index (κ1) is 13.5. The number of pyridine rings is 1. The molecule has 0 N–H and O–H groups in total. The summed E-state index contributed by atoms with van der Waals surface area (Å²) in [6.07, 6.45) is 3.36. The second kappa shape index (κ2) is 5.53. The maximum absolute atomic E-state index is 13.0. The molecule has 4 aromatic rings. The highest BCUT2D eigenvalue weighted by molar-refractivity contribution is 5.81. The SMILES string of the molecule is O=c1c(Cn2ccnn2)cc2ccccc2n1-c1ccccc1. The van der Waals surface area contributed by atoms with Gasteiger partial charge in [-0.2, -0.15) is 0 Å². The van der Waals surface area contributed by atoms with Crippen LogP contribution in [-0.4, -0.2) is 19.6 Å². The van der Waals surface area contributed by atoms with Crippen molar-refractivity contribution in [2.45, 2.75) is 6.54 Å². The standard InChI is InChI=1S/C18H14N4O/c23-18-15(13-21-11-10-19-20-21)12-14-6-4-5-9-17(14)22(18)16-7-2-1-3-8-16/h1-12H,13H2. The molecule has 23 heavy (non-hydrogen) atoms. The summed E-state index contributed by atoms with van der Waals surface area (Å²) in [6.45, 7) is 0.399. The third-order valence-electron chi connectivity index (χ3n) is 3.80. The minimum atomic E-state index is -0.0367. The molecule has 0 aliphatic carbocycles. The summed E-state index contributed by atoms with van der Waals surface area (Å²) in [6, 6.07) is 19.5. The molecule has 0 aliphatic rings. The van der Waals surface area contributed by atoms with E-state index in [2.05, 4.69) is 10.3 Å². The van der Waals surface area contributed by atoms with E-state index in [9.17, 15) is 4.79 Å². The van der Waals surface area contributed by atoms with E-state index in [1.807, 2.05) is 60.7 Å². The van der Waals surface area contributed by atoms with Gasteiger partial charge in [-0.05, 0) is 29.7 Å². The number of nitrogens with zero attached hydrogens (tertiary/aromatic N) is 4. The molecule has 2 heterocycles. The van der Waals surface area contributed by atoms with E-state index in [1.165, 1.54) is 0 Å². The molecule has 0 atom stereocenters. The van der Waals surface area contributed by atoms with E-state index in [4.69, 9.17) is 0 Å². The molecule has 2 aromatic heterocycles. The smallest absolute Gasteiger partial charge is 0.260 e. The van der Waals surface area contributed by atoms with Crippen LogP contribution in [0.1, 0.15) is 5.56 Å². The summed E-state index contributed by atoms with van der Waals surface area (Å²) < 4.78 is 3.41. The quantitative estimate of drug-likeness (QED) is 0.584. The normalized spacial score (nSPS) is 11.0. The summed E-state index contributed by atoms with van der Waals surface area (Å²) in [4.78, 5) is 13.0. The van der Waals surface area contributed by atoms with Crippen molar-refractivity contribution in [2.24, 2.45) is 0 Å². The molecule has 0 bridgehead atoms. The van der Waals surface area contributed by atoms with Crippen molar-refractivity contribution in [3.8, 4) is 5.69 Å². The Morgan fingerprint density at radius 3 is 2.52 bits per heavy atom. The number of hydrogen-bond donors (Lipinski definition) is 0. The van der Waals surface area contributed by atoms with Gasteiger partial charge < -0.3 is 0 Å². The lowest BCUT2D eigenvalue weighted by Crippen LogP contribution is -2.24. The zero-order valence-electron chi connectivity index (χ0n) is 12.3. The van der Waals surface area contributed by atoms with E-state index in [0.29, 0.717) is 12.1 Å². The molecule has 0 aliphatic heterocycles. The average Bonchev–Trinajstić information content (AvgIpc) is 3.09. The molecule has 5 heteroatoms. The molecule has 0 saturated heterocycles. The van der Waals surface area contributed by atoms with Gasteiger partial charge in [0.1, 0.15) is 0 Å². The number of fused-ring (bicyclic) bond motifs is 1. The Balaban J connectivity index is 1.99. The Morgan fingerprint density at radius 2 is 1.74 bits per heavy atom. The number of benzene rings is 2. The summed E-state index contributed by atoms with van der Waals surface area (Å²) in [5, 5.41) is 8.77. The van der Waals surface area contributed by atoms with Gasteiger partial charge in [-0.15, -0.1) is 5.10 Å².